The summed E-state index contributed by atoms with van der Waals surface area (Å²) >= 11 is 6.47. The number of alkyl halides is 3. The summed E-state index contributed by atoms with van der Waals surface area (Å²) in [5.74, 6) is -3.29. The van der Waals surface area contributed by atoms with Gasteiger partial charge in [0.1, 0.15) is 16.7 Å². The Kier molecular flexibility index (Phi) is 6.73. The number of rotatable bonds is 6. The Morgan fingerprint density at radius 3 is 2.57 bits per heavy atom. The van der Waals surface area contributed by atoms with Gasteiger partial charge in [-0.25, -0.2) is 22.5 Å². The Morgan fingerprint density at radius 2 is 1.88 bits per heavy atom. The fraction of sp³-hybridized carbons (Fsp3) is 0.207. The van der Waals surface area contributed by atoms with E-state index in [4.69, 9.17) is 11.6 Å². The molecule has 0 aliphatic heterocycles. The SMILES string of the molecule is O=C1CC=CC=C1c1c(C(=O)NS(=O)(=O)C2CC2)n(Cc2cc3ccccc3nc2Cl)c2cc(F)c(C(F)(F)F)cc12. The van der Waals surface area contributed by atoms with Crippen LogP contribution >= 0.6 is 11.6 Å². The molecule has 2 aliphatic rings. The van der Waals surface area contributed by atoms with E-state index in [9.17, 15) is 31.2 Å². The maximum atomic E-state index is 15.0. The van der Waals surface area contributed by atoms with Crippen molar-refractivity contribution >= 4 is 60.7 Å². The molecule has 0 unspecified atom stereocenters. The number of fused-ring (bicyclic) bond motifs is 2. The van der Waals surface area contributed by atoms with Crippen molar-refractivity contribution in [1.29, 1.82) is 0 Å². The normalized spacial score (nSPS) is 15.8. The lowest BCUT2D eigenvalue weighted by Gasteiger charge is -2.15. The number of benzene rings is 2. The summed E-state index contributed by atoms with van der Waals surface area (Å²) < 4.78 is 85.3. The van der Waals surface area contributed by atoms with Crippen LogP contribution in [0.1, 0.15) is 46.4 Å². The topological polar surface area (TPSA) is 98.1 Å². The van der Waals surface area contributed by atoms with Crippen LogP contribution in [0.15, 0.2) is 60.7 Å². The van der Waals surface area contributed by atoms with Crippen molar-refractivity contribution in [3.63, 3.8) is 0 Å². The van der Waals surface area contributed by atoms with E-state index in [0.717, 1.165) is 0 Å². The number of hydrogen-bond acceptors (Lipinski definition) is 5. The summed E-state index contributed by atoms with van der Waals surface area (Å²) in [7, 11) is -4.12. The van der Waals surface area contributed by atoms with Crippen LogP contribution in [0, 0.1) is 5.82 Å². The summed E-state index contributed by atoms with van der Waals surface area (Å²) in [4.78, 5) is 31.2. The van der Waals surface area contributed by atoms with Gasteiger partial charge in [-0.3, -0.25) is 9.59 Å². The Bertz CT molecular complexity index is 1990. The van der Waals surface area contributed by atoms with E-state index in [0.29, 0.717) is 41.4 Å². The molecule has 1 saturated carbocycles. The molecule has 2 aromatic heterocycles. The molecular formula is C29H20ClF4N3O4S. The molecule has 7 nitrogen and oxygen atoms in total. The number of para-hydroxylation sites is 1. The molecule has 1 fully saturated rings. The molecule has 4 aromatic rings. The highest BCUT2D eigenvalue weighted by Gasteiger charge is 2.40. The lowest BCUT2D eigenvalue weighted by atomic mass is 9.93. The number of carbonyl (C=O) groups excluding carboxylic acids is 2. The van der Waals surface area contributed by atoms with Crippen molar-refractivity contribution in [2.75, 3.05) is 0 Å². The average Bonchev–Trinajstić information content (AvgIpc) is 3.73. The molecular weight excluding hydrogens is 598 g/mol. The molecule has 1 amide bonds. The Balaban J connectivity index is 1.66. The fourth-order valence-electron chi connectivity index (χ4n) is 5.08. The van der Waals surface area contributed by atoms with E-state index in [-0.39, 0.29) is 40.2 Å². The molecule has 42 heavy (non-hydrogen) atoms. The summed E-state index contributed by atoms with van der Waals surface area (Å²) in [6.07, 6.45) is -0.154. The number of carbonyl (C=O) groups is 2. The first-order valence-corrected chi connectivity index (χ1v) is 14.7. The molecule has 1 N–H and O–H groups in total. The van der Waals surface area contributed by atoms with Gasteiger partial charge < -0.3 is 4.57 Å². The number of hydrogen-bond donors (Lipinski definition) is 1. The minimum Gasteiger partial charge on any atom is -0.331 e. The van der Waals surface area contributed by atoms with Crippen molar-refractivity contribution in [2.45, 2.75) is 37.2 Å². The van der Waals surface area contributed by atoms with Gasteiger partial charge in [-0.15, -0.1) is 0 Å². The first-order valence-electron chi connectivity index (χ1n) is 12.8. The highest BCUT2D eigenvalue weighted by Crippen LogP contribution is 2.41. The van der Waals surface area contributed by atoms with Gasteiger partial charge in [0.2, 0.25) is 10.0 Å². The van der Waals surface area contributed by atoms with Gasteiger partial charge in [0.15, 0.2) is 5.78 Å². The predicted octanol–water partition coefficient (Wildman–Crippen LogP) is 6.18. The molecule has 2 aliphatic carbocycles. The first-order chi connectivity index (χ1) is 19.8. The Hall–Kier alpha value is -4.03. The van der Waals surface area contributed by atoms with E-state index < -0.39 is 50.2 Å². The van der Waals surface area contributed by atoms with Crippen LogP contribution in [-0.2, 0) is 27.5 Å². The van der Waals surface area contributed by atoms with Crippen LogP contribution in [0.2, 0.25) is 5.15 Å². The van der Waals surface area contributed by atoms with Crippen molar-refractivity contribution in [1.82, 2.24) is 14.3 Å². The molecule has 2 heterocycles. The highest BCUT2D eigenvalue weighted by molar-refractivity contribution is 7.91. The maximum absolute atomic E-state index is 15.0. The van der Waals surface area contributed by atoms with Gasteiger partial charge in [0.25, 0.3) is 5.91 Å². The minimum atomic E-state index is -5.09. The number of amides is 1. The zero-order chi connectivity index (χ0) is 30.0. The lowest BCUT2D eigenvalue weighted by Crippen LogP contribution is -2.35. The molecule has 0 bridgehead atoms. The Labute approximate surface area is 241 Å². The lowest BCUT2D eigenvalue weighted by molar-refractivity contribution is -0.139. The monoisotopic (exact) mass is 617 g/mol. The third-order valence-corrected chi connectivity index (χ3v) is 9.37. The zero-order valence-electron chi connectivity index (χ0n) is 21.5. The zero-order valence-corrected chi connectivity index (χ0v) is 23.1. The highest BCUT2D eigenvalue weighted by atomic mass is 35.5. The number of aromatic nitrogens is 2. The van der Waals surface area contributed by atoms with Crippen LogP contribution in [0.25, 0.3) is 27.4 Å². The number of ketones is 1. The van der Waals surface area contributed by atoms with E-state index in [2.05, 4.69) is 4.98 Å². The predicted molar refractivity (Wildman–Crippen MR) is 149 cm³/mol. The molecule has 0 radical (unpaired) electrons. The summed E-state index contributed by atoms with van der Waals surface area (Å²) in [6, 6.07) is 9.81. The van der Waals surface area contributed by atoms with Gasteiger partial charge in [0, 0.05) is 33.9 Å². The fourth-order valence-corrected chi connectivity index (χ4v) is 6.56. The number of sulfonamides is 1. The van der Waals surface area contributed by atoms with Crippen molar-refractivity contribution < 1.29 is 35.6 Å². The smallest absolute Gasteiger partial charge is 0.331 e. The van der Waals surface area contributed by atoms with E-state index >= 15 is 4.39 Å². The average molecular weight is 618 g/mol. The third kappa shape index (κ3) is 4.98. The van der Waals surface area contributed by atoms with E-state index in [1.54, 1.807) is 30.3 Å². The van der Waals surface area contributed by atoms with Gasteiger partial charge in [-0.05, 0) is 37.1 Å². The van der Waals surface area contributed by atoms with Crippen molar-refractivity contribution in [3.05, 3.63) is 94.0 Å². The number of halogens is 5. The van der Waals surface area contributed by atoms with Crippen LogP contribution in [-0.4, -0.2) is 34.9 Å². The molecule has 13 heteroatoms. The van der Waals surface area contributed by atoms with Gasteiger partial charge in [-0.2, -0.15) is 13.2 Å². The molecule has 0 atom stereocenters. The van der Waals surface area contributed by atoms with Crippen LogP contribution in [0.4, 0.5) is 17.6 Å². The molecule has 0 spiro atoms. The quantitative estimate of drug-likeness (QED) is 0.206. The van der Waals surface area contributed by atoms with Crippen molar-refractivity contribution in [3.8, 4) is 0 Å². The Morgan fingerprint density at radius 1 is 1.14 bits per heavy atom. The second-order valence-corrected chi connectivity index (χ2v) is 12.4. The van der Waals surface area contributed by atoms with Crippen LogP contribution in [0.3, 0.4) is 0 Å². The van der Waals surface area contributed by atoms with Gasteiger partial charge >= 0.3 is 6.18 Å². The first kappa shape index (κ1) is 28.1. The number of nitrogens with one attached hydrogen (secondary N) is 1. The number of Topliss-reactive ketones (excluding diaryl/α,β-unsaturated/α-hetero) is 1. The standard InChI is InChI=1S/C29H20ClF4N3O4S/c30-27-16(11-15-5-1-3-7-22(15)35-27)14-37-23-13-21(31)20(29(32,33)34)12-19(23)25(18-6-2-4-8-24(18)38)26(37)28(39)36-42(40,41)17-9-10-17/h1-7,11-13,17H,8-10,14H2,(H,36,39). The van der Waals surface area contributed by atoms with Gasteiger partial charge in [-0.1, -0.05) is 48.0 Å². The summed E-state index contributed by atoms with van der Waals surface area (Å²) in [5, 5.41) is -0.374. The number of allylic oxidation sites excluding steroid dienone is 4. The third-order valence-electron chi connectivity index (χ3n) is 7.22. The van der Waals surface area contributed by atoms with E-state index in [1.165, 1.54) is 22.8 Å². The molecule has 2 aromatic carbocycles. The summed E-state index contributed by atoms with van der Waals surface area (Å²) in [5.41, 5.74) is -1.67. The number of nitrogens with zero attached hydrogens (tertiary/aromatic N) is 2. The van der Waals surface area contributed by atoms with Crippen molar-refractivity contribution in [2.24, 2.45) is 0 Å². The minimum absolute atomic E-state index is 0.0114. The second kappa shape index (κ2) is 10.1. The maximum Gasteiger partial charge on any atom is 0.419 e. The second-order valence-electron chi connectivity index (χ2n) is 10.1. The van der Waals surface area contributed by atoms with Gasteiger partial charge in [0.05, 0.1) is 28.4 Å². The molecule has 216 valence electrons. The largest absolute Gasteiger partial charge is 0.419 e. The molecule has 0 saturated heterocycles. The molecule has 6 rings (SSSR count). The van der Waals surface area contributed by atoms with Crippen LogP contribution < -0.4 is 4.72 Å². The van der Waals surface area contributed by atoms with E-state index in [1.807, 2.05) is 4.72 Å². The number of pyridine rings is 1. The summed E-state index contributed by atoms with van der Waals surface area (Å²) in [6.45, 7) is -0.304. The van der Waals surface area contributed by atoms with Crippen LogP contribution in [0.5, 0.6) is 0 Å².